The van der Waals surface area contributed by atoms with Crippen molar-refractivity contribution in [3.05, 3.63) is 12.4 Å². The minimum absolute atomic E-state index is 0.142. The molecular formula is C11H19N5O. The maximum atomic E-state index is 11.6. The van der Waals surface area contributed by atoms with Crippen molar-refractivity contribution in [1.82, 2.24) is 25.6 Å². The van der Waals surface area contributed by atoms with Gasteiger partial charge >= 0.3 is 0 Å². The van der Waals surface area contributed by atoms with E-state index >= 15 is 0 Å². The summed E-state index contributed by atoms with van der Waals surface area (Å²) in [5, 5.41) is 13.8. The van der Waals surface area contributed by atoms with E-state index < -0.39 is 0 Å². The van der Waals surface area contributed by atoms with Crippen LogP contribution in [-0.4, -0.2) is 40.0 Å². The van der Waals surface area contributed by atoms with Gasteiger partial charge in [-0.15, -0.1) is 5.10 Å². The van der Waals surface area contributed by atoms with Gasteiger partial charge in [0.2, 0.25) is 5.91 Å². The van der Waals surface area contributed by atoms with Crippen molar-refractivity contribution in [2.24, 2.45) is 0 Å². The Morgan fingerprint density at radius 3 is 3.24 bits per heavy atom. The van der Waals surface area contributed by atoms with Gasteiger partial charge in [0.15, 0.2) is 0 Å². The molecule has 6 heteroatoms. The van der Waals surface area contributed by atoms with E-state index in [0.717, 1.165) is 25.9 Å². The van der Waals surface area contributed by atoms with Crippen LogP contribution >= 0.6 is 0 Å². The number of aromatic nitrogens is 3. The first-order chi connectivity index (χ1) is 8.34. The molecule has 1 aromatic heterocycles. The van der Waals surface area contributed by atoms with Crippen molar-refractivity contribution in [1.29, 1.82) is 0 Å². The molecule has 2 N–H and O–H groups in total. The summed E-state index contributed by atoms with van der Waals surface area (Å²) in [6.07, 6.45) is 7.27. The molecule has 1 unspecified atom stereocenters. The molecular weight excluding hydrogens is 218 g/mol. The van der Waals surface area contributed by atoms with Crippen molar-refractivity contribution in [3.63, 3.8) is 0 Å². The average molecular weight is 237 g/mol. The highest BCUT2D eigenvalue weighted by atomic mass is 16.1. The van der Waals surface area contributed by atoms with Gasteiger partial charge in [-0.2, -0.15) is 0 Å². The molecule has 2 rings (SSSR count). The van der Waals surface area contributed by atoms with Crippen LogP contribution in [0.2, 0.25) is 0 Å². The number of aryl methyl sites for hydroxylation is 1. The fourth-order valence-electron chi connectivity index (χ4n) is 2.05. The third-order valence-corrected chi connectivity index (χ3v) is 2.95. The van der Waals surface area contributed by atoms with Crippen LogP contribution < -0.4 is 10.6 Å². The first-order valence-electron chi connectivity index (χ1n) is 6.19. The number of nitrogens with one attached hydrogen (secondary N) is 2. The van der Waals surface area contributed by atoms with Crippen molar-refractivity contribution in [2.75, 3.05) is 13.1 Å². The molecule has 1 saturated heterocycles. The van der Waals surface area contributed by atoms with E-state index in [4.69, 9.17) is 0 Å². The van der Waals surface area contributed by atoms with Crippen LogP contribution in [0.15, 0.2) is 12.4 Å². The second-order valence-corrected chi connectivity index (χ2v) is 4.37. The molecule has 2 heterocycles. The van der Waals surface area contributed by atoms with Crippen LogP contribution in [-0.2, 0) is 11.3 Å². The van der Waals surface area contributed by atoms with Crippen LogP contribution in [0.4, 0.5) is 0 Å². The standard InChI is InChI=1S/C11H19N5O/c17-11(9-10-3-1-4-12-10)13-5-2-7-16-8-6-14-15-16/h6,8,10,12H,1-5,7,9H2,(H,13,17). The molecule has 0 saturated carbocycles. The molecule has 17 heavy (non-hydrogen) atoms. The molecule has 1 aliphatic heterocycles. The number of carbonyl (C=O) groups is 1. The number of rotatable bonds is 6. The van der Waals surface area contributed by atoms with E-state index in [0.29, 0.717) is 19.0 Å². The first-order valence-corrected chi connectivity index (χ1v) is 6.19. The fourth-order valence-corrected chi connectivity index (χ4v) is 2.05. The third kappa shape index (κ3) is 4.14. The van der Waals surface area contributed by atoms with Gasteiger partial charge in [-0.05, 0) is 25.8 Å². The van der Waals surface area contributed by atoms with E-state index in [-0.39, 0.29) is 5.91 Å². The van der Waals surface area contributed by atoms with Gasteiger partial charge in [-0.25, -0.2) is 0 Å². The van der Waals surface area contributed by atoms with Gasteiger partial charge in [0.05, 0.1) is 6.20 Å². The summed E-state index contributed by atoms with van der Waals surface area (Å²) in [6, 6.07) is 0.380. The van der Waals surface area contributed by atoms with E-state index in [2.05, 4.69) is 20.9 Å². The maximum Gasteiger partial charge on any atom is 0.221 e. The van der Waals surface area contributed by atoms with Gasteiger partial charge in [0.25, 0.3) is 0 Å². The van der Waals surface area contributed by atoms with E-state index in [1.165, 1.54) is 6.42 Å². The highest BCUT2D eigenvalue weighted by Gasteiger charge is 2.16. The van der Waals surface area contributed by atoms with E-state index in [1.54, 1.807) is 10.9 Å². The Hall–Kier alpha value is -1.43. The van der Waals surface area contributed by atoms with Crippen LogP contribution in [0, 0.1) is 0 Å². The molecule has 1 aromatic rings. The number of amides is 1. The lowest BCUT2D eigenvalue weighted by Crippen LogP contribution is -2.32. The van der Waals surface area contributed by atoms with Crippen LogP contribution in [0.5, 0.6) is 0 Å². The second kappa shape index (κ2) is 6.34. The molecule has 1 fully saturated rings. The van der Waals surface area contributed by atoms with Crippen LogP contribution in [0.1, 0.15) is 25.7 Å². The second-order valence-electron chi connectivity index (χ2n) is 4.37. The van der Waals surface area contributed by atoms with Gasteiger partial charge in [-0.1, -0.05) is 5.21 Å². The van der Waals surface area contributed by atoms with E-state index in [9.17, 15) is 4.79 Å². The highest BCUT2D eigenvalue weighted by molar-refractivity contribution is 5.76. The summed E-state index contributed by atoms with van der Waals surface area (Å²) < 4.78 is 1.77. The molecule has 1 aliphatic rings. The summed E-state index contributed by atoms with van der Waals surface area (Å²) in [4.78, 5) is 11.6. The van der Waals surface area contributed by atoms with Crippen molar-refractivity contribution in [2.45, 2.75) is 38.3 Å². The minimum atomic E-state index is 0.142. The number of hydrogen-bond acceptors (Lipinski definition) is 4. The SMILES string of the molecule is O=C(CC1CCCN1)NCCCn1ccnn1. The third-order valence-electron chi connectivity index (χ3n) is 2.95. The lowest BCUT2D eigenvalue weighted by molar-refractivity contribution is -0.121. The minimum Gasteiger partial charge on any atom is -0.356 e. The van der Waals surface area contributed by atoms with Gasteiger partial charge in [-0.3, -0.25) is 9.48 Å². The lowest BCUT2D eigenvalue weighted by atomic mass is 10.1. The van der Waals surface area contributed by atoms with Crippen LogP contribution in [0.25, 0.3) is 0 Å². The summed E-state index contributed by atoms with van der Waals surface area (Å²) in [5.74, 6) is 0.142. The Balaban J connectivity index is 1.53. The Labute approximate surface area is 101 Å². The lowest BCUT2D eigenvalue weighted by Gasteiger charge is -2.10. The quantitative estimate of drug-likeness (QED) is 0.679. The van der Waals surface area contributed by atoms with Crippen molar-refractivity contribution in [3.8, 4) is 0 Å². The Morgan fingerprint density at radius 2 is 2.53 bits per heavy atom. The zero-order valence-corrected chi connectivity index (χ0v) is 9.93. The largest absolute Gasteiger partial charge is 0.356 e. The Bertz CT molecular complexity index is 332. The number of hydrogen-bond donors (Lipinski definition) is 2. The first kappa shape index (κ1) is 12.0. The fraction of sp³-hybridized carbons (Fsp3) is 0.727. The topological polar surface area (TPSA) is 71.8 Å². The monoisotopic (exact) mass is 237 g/mol. The maximum absolute atomic E-state index is 11.6. The zero-order chi connectivity index (χ0) is 11.9. The molecule has 1 amide bonds. The molecule has 0 spiro atoms. The molecule has 1 atom stereocenters. The van der Waals surface area contributed by atoms with Gasteiger partial charge < -0.3 is 10.6 Å². The molecule has 0 aliphatic carbocycles. The predicted molar refractivity (Wildman–Crippen MR) is 63.3 cm³/mol. The van der Waals surface area contributed by atoms with Gasteiger partial charge in [0, 0.05) is 31.7 Å². The Morgan fingerprint density at radius 1 is 1.59 bits per heavy atom. The molecule has 0 aromatic carbocycles. The normalized spacial score (nSPS) is 19.4. The smallest absolute Gasteiger partial charge is 0.221 e. The van der Waals surface area contributed by atoms with E-state index in [1.807, 2.05) is 6.20 Å². The van der Waals surface area contributed by atoms with Crippen molar-refractivity contribution >= 4 is 5.91 Å². The highest BCUT2D eigenvalue weighted by Crippen LogP contribution is 2.07. The van der Waals surface area contributed by atoms with Gasteiger partial charge in [0.1, 0.15) is 0 Å². The molecule has 0 bridgehead atoms. The summed E-state index contributed by atoms with van der Waals surface area (Å²) in [7, 11) is 0. The zero-order valence-electron chi connectivity index (χ0n) is 9.93. The summed E-state index contributed by atoms with van der Waals surface area (Å²) in [6.45, 7) is 2.54. The van der Waals surface area contributed by atoms with Crippen LogP contribution in [0.3, 0.4) is 0 Å². The molecule has 0 radical (unpaired) electrons. The predicted octanol–water partition coefficient (Wildman–Crippen LogP) is -0.0735. The van der Waals surface area contributed by atoms with Crippen molar-refractivity contribution < 1.29 is 4.79 Å². The molecule has 6 nitrogen and oxygen atoms in total. The Kier molecular flexibility index (Phi) is 4.49. The number of nitrogens with zero attached hydrogens (tertiary/aromatic N) is 3. The summed E-state index contributed by atoms with van der Waals surface area (Å²) >= 11 is 0. The molecule has 94 valence electrons. The summed E-state index contributed by atoms with van der Waals surface area (Å²) in [5.41, 5.74) is 0. The average Bonchev–Trinajstić information content (AvgIpc) is 2.96. The number of carbonyl (C=O) groups excluding carboxylic acids is 1.